The summed E-state index contributed by atoms with van der Waals surface area (Å²) in [5, 5.41) is 1.30. The molecule has 0 saturated carbocycles. The van der Waals surface area contributed by atoms with E-state index in [9.17, 15) is 48.7 Å². The van der Waals surface area contributed by atoms with E-state index in [4.69, 9.17) is 14.2 Å². The molecule has 57 heavy (non-hydrogen) atoms. The van der Waals surface area contributed by atoms with E-state index in [1.165, 1.54) is 31.5 Å². The minimum Gasteiger partial charge on any atom is -1.00 e. The number of alkyl halides is 9. The van der Waals surface area contributed by atoms with Crippen LogP contribution in [-0.2, 0) is 35.2 Å². The minimum atomic E-state index is -5.24. The van der Waals surface area contributed by atoms with Crippen molar-refractivity contribution in [1.29, 1.82) is 0 Å². The first-order valence-corrected chi connectivity index (χ1v) is 17.4. The number of quaternary nitrogens is 1. The quantitative estimate of drug-likeness (QED) is 0.0988. The Morgan fingerprint density at radius 2 is 1.26 bits per heavy atom. The number of hydrogen-bond donors (Lipinski definition) is 1. The predicted octanol–water partition coefficient (Wildman–Crippen LogP) is 8.70. The van der Waals surface area contributed by atoms with E-state index in [0.29, 0.717) is 17.7 Å². The number of nitrogens with two attached hydrogens (primary N) is 1. The first-order valence-electron chi connectivity index (χ1n) is 17.4. The maximum Gasteiger partial charge on any atom is 0.514 e. The Morgan fingerprint density at radius 3 is 1.75 bits per heavy atom. The first kappa shape index (κ1) is 46.9. The lowest BCUT2D eigenvalue weighted by Gasteiger charge is -2.25. The molecule has 2 N–H and O–H groups in total. The van der Waals surface area contributed by atoms with Crippen molar-refractivity contribution in [2.75, 3.05) is 7.11 Å². The topological polar surface area (TPSA) is 61.4 Å². The van der Waals surface area contributed by atoms with Gasteiger partial charge in [-0.15, -0.1) is 0 Å². The van der Waals surface area contributed by atoms with Gasteiger partial charge in [0.1, 0.15) is 29.9 Å². The van der Waals surface area contributed by atoms with E-state index >= 15 is 0 Å². The fourth-order valence-electron chi connectivity index (χ4n) is 6.10. The highest BCUT2D eigenvalue weighted by Crippen LogP contribution is 2.41. The van der Waals surface area contributed by atoms with Crippen LogP contribution in [0.3, 0.4) is 0 Å². The average molecular weight is 838 g/mol. The van der Waals surface area contributed by atoms with Crippen LogP contribution in [0.15, 0.2) is 66.7 Å². The van der Waals surface area contributed by atoms with Crippen molar-refractivity contribution in [2.24, 2.45) is 0 Å². The van der Waals surface area contributed by atoms with Crippen molar-refractivity contribution in [2.45, 2.75) is 97.0 Å². The second-order valence-electron chi connectivity index (χ2n) is 14.9. The van der Waals surface area contributed by atoms with Crippen molar-refractivity contribution in [3.05, 3.63) is 117 Å². The summed E-state index contributed by atoms with van der Waals surface area (Å²) in [5.74, 6) is -0.933. The molecule has 2 atom stereocenters. The second kappa shape index (κ2) is 17.6. The number of carbonyl (C=O) groups is 1. The molecule has 0 unspecified atom stereocenters. The van der Waals surface area contributed by atoms with E-state index < -0.39 is 64.9 Å². The largest absolute Gasteiger partial charge is 1.00 e. The summed E-state index contributed by atoms with van der Waals surface area (Å²) < 4.78 is 157. The third-order valence-corrected chi connectivity index (χ3v) is 9.25. The van der Waals surface area contributed by atoms with Crippen LogP contribution in [0, 0.1) is 12.7 Å². The minimum absolute atomic E-state index is 0. The van der Waals surface area contributed by atoms with Crippen molar-refractivity contribution < 1.29 is 80.6 Å². The van der Waals surface area contributed by atoms with Gasteiger partial charge in [0.25, 0.3) is 0 Å². The lowest BCUT2D eigenvalue weighted by atomic mass is 9.86. The Hall–Kier alpha value is -4.50. The number of carbonyl (C=O) groups excluding carboxylic acids is 1. The van der Waals surface area contributed by atoms with E-state index in [1.54, 1.807) is 32.9 Å². The summed E-state index contributed by atoms with van der Waals surface area (Å²) in [5.41, 5.74) is -3.35. The average Bonchev–Trinajstić information content (AvgIpc) is 3.08. The molecule has 0 aliphatic carbocycles. The summed E-state index contributed by atoms with van der Waals surface area (Å²) in [6.45, 7) is 11.8. The zero-order chi connectivity index (χ0) is 42.1. The maximum absolute atomic E-state index is 14.9. The molecule has 0 bridgehead atoms. The van der Waals surface area contributed by atoms with Gasteiger partial charge in [-0.1, -0.05) is 52.8 Å². The first-order chi connectivity index (χ1) is 25.7. The van der Waals surface area contributed by atoms with Gasteiger partial charge in [-0.2, -0.15) is 39.5 Å². The summed E-state index contributed by atoms with van der Waals surface area (Å²) >= 11 is 0. The van der Waals surface area contributed by atoms with Crippen molar-refractivity contribution in [3.63, 3.8) is 0 Å². The number of methoxy groups -OCH3 is 1. The van der Waals surface area contributed by atoms with Crippen LogP contribution in [-0.4, -0.2) is 19.3 Å². The molecule has 312 valence electrons. The van der Waals surface area contributed by atoms with Crippen LogP contribution in [0.1, 0.15) is 98.1 Å². The molecule has 4 rings (SSSR count). The summed E-state index contributed by atoms with van der Waals surface area (Å²) in [6, 6.07) is 9.74. The second-order valence-corrected chi connectivity index (χ2v) is 14.9. The molecule has 0 heterocycles. The zero-order valence-corrected chi connectivity index (χ0v) is 32.9. The number of rotatable bonds is 10. The van der Waals surface area contributed by atoms with Crippen LogP contribution in [0.4, 0.5) is 48.7 Å². The SMILES string of the molecule is COc1cc(F)c(C(C)C)cc1-c1ccc(C(F)(F)F)cc1C[NH2+][C@@H](C)[C@H](OC(=O)Oc1ccc(C(C)(C)C)cc1C)c1cc(C(F)(F)F)cc(C(F)(F)F)c1.[Cl-]. The van der Waals surface area contributed by atoms with Gasteiger partial charge in [0.2, 0.25) is 0 Å². The number of hydrogen-bond acceptors (Lipinski definition) is 4. The van der Waals surface area contributed by atoms with Gasteiger partial charge in [0, 0.05) is 17.2 Å². The highest BCUT2D eigenvalue weighted by Gasteiger charge is 2.40. The Labute approximate surface area is 330 Å². The molecule has 0 aliphatic heterocycles. The Morgan fingerprint density at radius 1 is 0.702 bits per heavy atom. The molecule has 0 aliphatic rings. The lowest BCUT2D eigenvalue weighted by molar-refractivity contribution is -0.708. The number of benzene rings is 4. The monoisotopic (exact) mass is 837 g/mol. The zero-order valence-electron chi connectivity index (χ0n) is 32.2. The van der Waals surface area contributed by atoms with Gasteiger partial charge in [0.05, 0.1) is 23.8 Å². The van der Waals surface area contributed by atoms with Crippen LogP contribution in [0.2, 0.25) is 0 Å². The summed E-state index contributed by atoms with van der Waals surface area (Å²) in [7, 11) is 1.25. The van der Waals surface area contributed by atoms with Crippen molar-refractivity contribution >= 4 is 6.16 Å². The van der Waals surface area contributed by atoms with Gasteiger partial charge in [-0.25, -0.2) is 9.18 Å². The van der Waals surface area contributed by atoms with E-state index in [-0.39, 0.29) is 70.1 Å². The smallest absolute Gasteiger partial charge is 0.514 e. The maximum atomic E-state index is 14.9. The number of aryl methyl sites for hydroxylation is 1. The molecule has 4 aromatic carbocycles. The molecular formula is C41H42ClF10NO4. The van der Waals surface area contributed by atoms with Crippen LogP contribution >= 0.6 is 0 Å². The van der Waals surface area contributed by atoms with Gasteiger partial charge in [-0.05, 0) is 95.5 Å². The lowest BCUT2D eigenvalue weighted by Crippen LogP contribution is -3.00. The highest BCUT2D eigenvalue weighted by atomic mass is 35.5. The number of halogens is 11. The van der Waals surface area contributed by atoms with Gasteiger partial charge >= 0.3 is 24.7 Å². The molecule has 0 saturated heterocycles. The third-order valence-electron chi connectivity index (χ3n) is 9.25. The van der Waals surface area contributed by atoms with Gasteiger partial charge in [0.15, 0.2) is 6.10 Å². The molecule has 4 aromatic rings. The molecule has 5 nitrogen and oxygen atoms in total. The molecule has 0 amide bonds. The normalized spacial score (nSPS) is 13.5. The molecule has 0 spiro atoms. The molecule has 0 aromatic heterocycles. The van der Waals surface area contributed by atoms with Crippen molar-refractivity contribution in [1.82, 2.24) is 0 Å². The van der Waals surface area contributed by atoms with Crippen molar-refractivity contribution in [3.8, 4) is 22.6 Å². The fourth-order valence-corrected chi connectivity index (χ4v) is 6.10. The Kier molecular flexibility index (Phi) is 14.4. The van der Waals surface area contributed by atoms with Gasteiger partial charge < -0.3 is 31.9 Å². The fraction of sp³-hybridized carbons (Fsp3) is 0.390. The van der Waals surface area contributed by atoms with Gasteiger partial charge in [-0.3, -0.25) is 0 Å². The molecule has 0 radical (unpaired) electrons. The van der Waals surface area contributed by atoms with Crippen LogP contribution in [0.25, 0.3) is 11.1 Å². The standard InChI is InChI=1S/C41H41F10NO4.ClH/c1-21(2)31-18-32(35(54-8)19-33(31)42)30-11-9-27(39(43,44)45)16-25(30)20-52-23(4)36(24-14-28(40(46,47)48)17-29(15-24)41(49,50)51)56-37(53)55-34-12-10-26(13-22(34)3)38(5,6)7;/h9-19,21,23,36,52H,20H2,1-8H3;1H/t23-,36-;/m0./s1. The highest BCUT2D eigenvalue weighted by molar-refractivity contribution is 5.75. The molecular weight excluding hydrogens is 796 g/mol. The van der Waals surface area contributed by atoms with E-state index in [0.717, 1.165) is 29.8 Å². The molecule has 0 fully saturated rings. The Bertz CT molecular complexity index is 2020. The molecule has 16 heteroatoms. The van der Waals surface area contributed by atoms with Crippen LogP contribution < -0.4 is 27.2 Å². The van der Waals surface area contributed by atoms with E-state index in [1.807, 2.05) is 20.8 Å². The third kappa shape index (κ3) is 11.6. The predicted molar refractivity (Wildman–Crippen MR) is 189 cm³/mol. The number of ether oxygens (including phenoxy) is 3. The Balaban J connectivity index is 0.00000870. The summed E-state index contributed by atoms with van der Waals surface area (Å²) in [6.07, 6.45) is -18.6. The summed E-state index contributed by atoms with van der Waals surface area (Å²) in [4.78, 5) is 13.3. The van der Waals surface area contributed by atoms with E-state index in [2.05, 4.69) is 0 Å². The van der Waals surface area contributed by atoms with Crippen LogP contribution in [0.5, 0.6) is 11.5 Å².